The second kappa shape index (κ2) is 6.46. The van der Waals surface area contributed by atoms with Crippen LogP contribution in [0.3, 0.4) is 0 Å². The summed E-state index contributed by atoms with van der Waals surface area (Å²) >= 11 is 0. The van der Waals surface area contributed by atoms with E-state index in [-0.39, 0.29) is 35.9 Å². The zero-order valence-electron chi connectivity index (χ0n) is 18.4. The van der Waals surface area contributed by atoms with E-state index < -0.39 is 28.2 Å². The van der Waals surface area contributed by atoms with Gasteiger partial charge in [-0.15, -0.1) is 0 Å². The molecule has 0 saturated heterocycles. The van der Waals surface area contributed by atoms with Gasteiger partial charge >= 0.3 is 0 Å². The van der Waals surface area contributed by atoms with Crippen LogP contribution in [0.1, 0.15) is 79.6 Å². The number of Topliss-reactive ketones (excluding diaryl/α,β-unsaturated/α-hetero) is 1. The molecular weight excluding hydrogens is 371 g/mol. The lowest BCUT2D eigenvalue weighted by molar-refractivity contribution is -0.237. The molecule has 3 saturated carbocycles. The Morgan fingerprint density at radius 2 is 1.90 bits per heavy atom. The molecule has 4 rings (SSSR count). The molecular formula is C24H35FO4. The fourth-order valence-electron chi connectivity index (χ4n) is 7.82. The van der Waals surface area contributed by atoms with Crippen LogP contribution < -0.4 is 0 Å². The number of halogens is 1. The van der Waals surface area contributed by atoms with Crippen molar-refractivity contribution < 1.29 is 23.8 Å². The van der Waals surface area contributed by atoms with Gasteiger partial charge in [0.1, 0.15) is 11.3 Å². The average molecular weight is 407 g/mol. The zero-order chi connectivity index (χ0) is 21.4. The molecule has 0 aromatic carbocycles. The molecule has 0 aliphatic heterocycles. The van der Waals surface area contributed by atoms with Crippen molar-refractivity contribution in [3.05, 3.63) is 11.6 Å². The fraction of sp³-hybridized carbons (Fsp3) is 0.833. The van der Waals surface area contributed by atoms with Crippen LogP contribution in [0, 0.1) is 22.7 Å². The predicted molar refractivity (Wildman–Crippen MR) is 108 cm³/mol. The predicted octanol–water partition coefficient (Wildman–Crippen LogP) is 4.33. The van der Waals surface area contributed by atoms with Crippen molar-refractivity contribution in [3.63, 3.8) is 0 Å². The molecule has 0 amide bonds. The highest BCUT2D eigenvalue weighted by Crippen LogP contribution is 2.71. The molecule has 29 heavy (non-hydrogen) atoms. The first-order chi connectivity index (χ1) is 13.4. The second-order valence-corrected chi connectivity index (χ2v) is 10.7. The van der Waals surface area contributed by atoms with Crippen molar-refractivity contribution in [1.82, 2.24) is 0 Å². The van der Waals surface area contributed by atoms with Crippen molar-refractivity contribution in [2.45, 2.75) is 103 Å². The lowest BCUT2D eigenvalue weighted by Crippen LogP contribution is -2.69. The van der Waals surface area contributed by atoms with E-state index in [2.05, 4.69) is 0 Å². The number of carbonyl (C=O) groups excluding carboxylic acids is 2. The molecule has 0 heterocycles. The van der Waals surface area contributed by atoms with Crippen molar-refractivity contribution in [2.24, 2.45) is 22.7 Å². The van der Waals surface area contributed by atoms with Gasteiger partial charge in [0.15, 0.2) is 11.6 Å². The Labute approximate surface area is 173 Å². The molecule has 162 valence electrons. The van der Waals surface area contributed by atoms with Crippen LogP contribution >= 0.6 is 0 Å². The summed E-state index contributed by atoms with van der Waals surface area (Å²) in [6, 6.07) is 0. The highest BCUT2D eigenvalue weighted by atomic mass is 19.1. The summed E-state index contributed by atoms with van der Waals surface area (Å²) in [6.07, 6.45) is 3.96. The number of ether oxygens (including phenoxy) is 1. The summed E-state index contributed by atoms with van der Waals surface area (Å²) in [5.41, 5.74) is -3.28. The van der Waals surface area contributed by atoms with Gasteiger partial charge in [0.2, 0.25) is 0 Å². The highest BCUT2D eigenvalue weighted by molar-refractivity contribution is 5.92. The molecule has 5 heteroatoms. The van der Waals surface area contributed by atoms with Crippen molar-refractivity contribution in [1.29, 1.82) is 0 Å². The molecule has 0 aromatic heterocycles. The normalized spacial score (nSPS) is 49.3. The maximum atomic E-state index is 17.1. The zero-order valence-corrected chi connectivity index (χ0v) is 18.4. The summed E-state index contributed by atoms with van der Waals surface area (Å²) in [5, 5.41) is 11.3. The SMILES string of the molecule is CC(=O)C1(OC(C)C)CCC2C3CCC4=CC(=O)CCC4(C)C3(F)C(O)CC21C. The molecule has 0 radical (unpaired) electrons. The minimum atomic E-state index is -1.77. The third kappa shape index (κ3) is 2.49. The number of allylic oxidation sites excluding steroid dienone is 1. The summed E-state index contributed by atoms with van der Waals surface area (Å²) in [6.45, 7) is 9.38. The van der Waals surface area contributed by atoms with Gasteiger partial charge in [-0.1, -0.05) is 19.4 Å². The quantitative estimate of drug-likeness (QED) is 0.758. The van der Waals surface area contributed by atoms with Gasteiger partial charge in [-0.05, 0) is 71.3 Å². The van der Waals surface area contributed by atoms with Crippen LogP contribution in [-0.2, 0) is 14.3 Å². The van der Waals surface area contributed by atoms with Crippen LogP contribution in [-0.4, -0.2) is 40.2 Å². The number of ketones is 2. The Morgan fingerprint density at radius 1 is 1.21 bits per heavy atom. The van der Waals surface area contributed by atoms with Gasteiger partial charge in [0.25, 0.3) is 0 Å². The average Bonchev–Trinajstić information content (AvgIpc) is 2.90. The van der Waals surface area contributed by atoms with Crippen molar-refractivity contribution >= 4 is 11.6 Å². The first-order valence-corrected chi connectivity index (χ1v) is 11.2. The molecule has 0 bridgehead atoms. The van der Waals surface area contributed by atoms with Crippen LogP contribution in [0.4, 0.5) is 4.39 Å². The minimum absolute atomic E-state index is 0.0133. The smallest absolute Gasteiger partial charge is 0.162 e. The number of carbonyl (C=O) groups is 2. The summed E-state index contributed by atoms with van der Waals surface area (Å²) in [5.74, 6) is -0.296. The van der Waals surface area contributed by atoms with E-state index in [9.17, 15) is 14.7 Å². The maximum Gasteiger partial charge on any atom is 0.162 e. The molecule has 4 aliphatic rings. The first kappa shape index (κ1) is 21.2. The monoisotopic (exact) mass is 406 g/mol. The van der Waals surface area contributed by atoms with E-state index in [1.54, 1.807) is 13.0 Å². The molecule has 7 unspecified atom stereocenters. The lowest BCUT2D eigenvalue weighted by atomic mass is 9.44. The summed E-state index contributed by atoms with van der Waals surface area (Å²) in [4.78, 5) is 24.9. The number of aliphatic hydroxyl groups is 1. The van der Waals surface area contributed by atoms with E-state index in [0.29, 0.717) is 32.1 Å². The Kier molecular flexibility index (Phi) is 4.72. The van der Waals surface area contributed by atoms with E-state index in [4.69, 9.17) is 4.74 Å². The number of hydrogen-bond donors (Lipinski definition) is 1. The largest absolute Gasteiger partial charge is 0.390 e. The molecule has 7 atom stereocenters. The number of alkyl halides is 1. The number of aliphatic hydroxyl groups excluding tert-OH is 1. The van der Waals surface area contributed by atoms with Crippen molar-refractivity contribution in [2.75, 3.05) is 0 Å². The molecule has 3 fully saturated rings. The van der Waals surface area contributed by atoms with Gasteiger partial charge in [-0.2, -0.15) is 0 Å². The van der Waals surface area contributed by atoms with Gasteiger partial charge in [0.05, 0.1) is 12.2 Å². The summed E-state index contributed by atoms with van der Waals surface area (Å²) in [7, 11) is 0. The Bertz CT molecular complexity index is 775. The Balaban J connectivity index is 1.80. The third-order valence-electron chi connectivity index (χ3n) is 9.17. The number of fused-ring (bicyclic) bond motifs is 5. The molecule has 0 aromatic rings. The maximum absolute atomic E-state index is 17.1. The Morgan fingerprint density at radius 3 is 2.52 bits per heavy atom. The van der Waals surface area contributed by atoms with E-state index in [1.807, 2.05) is 27.7 Å². The van der Waals surface area contributed by atoms with Gasteiger partial charge in [-0.3, -0.25) is 9.59 Å². The number of hydrogen-bond acceptors (Lipinski definition) is 4. The third-order valence-corrected chi connectivity index (χ3v) is 9.17. The van der Waals surface area contributed by atoms with E-state index >= 15 is 4.39 Å². The molecule has 4 nitrogen and oxygen atoms in total. The first-order valence-electron chi connectivity index (χ1n) is 11.2. The van der Waals surface area contributed by atoms with Gasteiger partial charge in [0, 0.05) is 23.2 Å². The minimum Gasteiger partial charge on any atom is -0.390 e. The van der Waals surface area contributed by atoms with Crippen molar-refractivity contribution in [3.8, 4) is 0 Å². The van der Waals surface area contributed by atoms with Gasteiger partial charge in [-0.25, -0.2) is 4.39 Å². The number of rotatable bonds is 3. The van der Waals surface area contributed by atoms with Crippen LogP contribution in [0.2, 0.25) is 0 Å². The highest BCUT2D eigenvalue weighted by Gasteiger charge is 2.74. The second-order valence-electron chi connectivity index (χ2n) is 10.7. The standard InChI is InChI=1S/C24H35FO4/c1-14(2)29-23(15(3)26)11-9-18-19-7-6-16-12-17(27)8-10-21(16,4)24(19,25)20(28)13-22(18,23)5/h12,14,18-20,28H,6-11,13H2,1-5H3. The van der Waals surface area contributed by atoms with E-state index in [1.165, 1.54) is 0 Å². The topological polar surface area (TPSA) is 63.6 Å². The Hall–Kier alpha value is -1.07. The summed E-state index contributed by atoms with van der Waals surface area (Å²) < 4.78 is 23.4. The van der Waals surface area contributed by atoms with E-state index in [0.717, 1.165) is 12.0 Å². The van der Waals surface area contributed by atoms with Crippen LogP contribution in [0.15, 0.2) is 11.6 Å². The molecule has 1 N–H and O–H groups in total. The fourth-order valence-corrected chi connectivity index (χ4v) is 7.82. The van der Waals surface area contributed by atoms with Crippen LogP contribution in [0.25, 0.3) is 0 Å². The van der Waals surface area contributed by atoms with Gasteiger partial charge < -0.3 is 9.84 Å². The molecule has 0 spiro atoms. The lowest BCUT2D eigenvalue weighted by Gasteiger charge is -2.64. The van der Waals surface area contributed by atoms with Crippen LogP contribution in [0.5, 0.6) is 0 Å². The molecule has 4 aliphatic carbocycles.